The lowest BCUT2D eigenvalue weighted by Crippen LogP contribution is -2.52. The number of nitrogens with one attached hydrogen (secondary N) is 1. The molecule has 4 heterocycles. The summed E-state index contributed by atoms with van der Waals surface area (Å²) in [6.45, 7) is 10.2. The second-order valence-electron chi connectivity index (χ2n) is 7.95. The number of aromatic amines is 1. The fourth-order valence-corrected chi connectivity index (χ4v) is 4.42. The van der Waals surface area contributed by atoms with Crippen molar-refractivity contribution in [2.45, 2.75) is 33.7 Å². The van der Waals surface area contributed by atoms with E-state index in [0.29, 0.717) is 11.3 Å². The highest BCUT2D eigenvalue weighted by Gasteiger charge is 2.30. The summed E-state index contributed by atoms with van der Waals surface area (Å²) in [6, 6.07) is -0.271. The quantitative estimate of drug-likeness (QED) is 0.643. The Bertz CT molecular complexity index is 1120. The number of piperazine rings is 1. The second kappa shape index (κ2) is 7.64. The van der Waals surface area contributed by atoms with Crippen LogP contribution < -0.4 is 4.90 Å². The van der Waals surface area contributed by atoms with Crippen LogP contribution in [0.4, 0.5) is 5.82 Å². The van der Waals surface area contributed by atoms with Gasteiger partial charge in [0.25, 0.3) is 0 Å². The lowest BCUT2D eigenvalue weighted by Gasteiger charge is -2.38. The fraction of sp³-hybridized carbons (Fsp3) is 0.476. The van der Waals surface area contributed by atoms with Gasteiger partial charge in [-0.2, -0.15) is 5.10 Å². The summed E-state index contributed by atoms with van der Waals surface area (Å²) in [5.74, 6) is 0.884. The number of anilines is 1. The lowest BCUT2D eigenvalue weighted by atomic mass is 10.0. The van der Waals surface area contributed by atoms with Crippen molar-refractivity contribution in [2.75, 3.05) is 31.1 Å². The van der Waals surface area contributed by atoms with Crippen LogP contribution in [0.1, 0.15) is 46.0 Å². The van der Waals surface area contributed by atoms with Crippen LogP contribution in [0.2, 0.25) is 0 Å². The summed E-state index contributed by atoms with van der Waals surface area (Å²) in [5, 5.41) is 5.22. The van der Waals surface area contributed by atoms with Crippen LogP contribution in [0.5, 0.6) is 0 Å². The summed E-state index contributed by atoms with van der Waals surface area (Å²) in [6.07, 6.45) is 3.37. The number of aromatic nitrogens is 5. The third-order valence-corrected chi connectivity index (χ3v) is 6.09. The number of H-pyrrole nitrogens is 1. The van der Waals surface area contributed by atoms with Crippen molar-refractivity contribution in [1.29, 1.82) is 0 Å². The summed E-state index contributed by atoms with van der Waals surface area (Å²) >= 11 is 0. The van der Waals surface area contributed by atoms with Crippen LogP contribution in [0.3, 0.4) is 0 Å². The average molecular weight is 409 g/mol. The minimum absolute atomic E-state index is 0.0202. The largest absolute Gasteiger partial charge is 0.355 e. The highest BCUT2D eigenvalue weighted by Crippen LogP contribution is 2.25. The molecule has 9 heteroatoms. The van der Waals surface area contributed by atoms with E-state index in [9.17, 15) is 9.59 Å². The van der Waals surface area contributed by atoms with Crippen molar-refractivity contribution in [3.05, 3.63) is 35.0 Å². The van der Waals surface area contributed by atoms with E-state index in [4.69, 9.17) is 0 Å². The van der Waals surface area contributed by atoms with Crippen LogP contribution in [0, 0.1) is 13.8 Å². The molecule has 1 atom stereocenters. The Kier molecular flexibility index (Phi) is 5.15. The lowest BCUT2D eigenvalue weighted by molar-refractivity contribution is 0.0824. The Hall–Kier alpha value is -3.07. The molecule has 1 fully saturated rings. The predicted octanol–water partition coefficient (Wildman–Crippen LogP) is 1.90. The fourth-order valence-electron chi connectivity index (χ4n) is 4.42. The predicted molar refractivity (Wildman–Crippen MR) is 114 cm³/mol. The van der Waals surface area contributed by atoms with Crippen LogP contribution in [-0.4, -0.2) is 73.4 Å². The van der Waals surface area contributed by atoms with E-state index in [1.54, 1.807) is 17.2 Å². The molecule has 3 aromatic heterocycles. The molecule has 0 radical (unpaired) electrons. The normalized spacial score (nSPS) is 16.2. The molecular formula is C21H27N7O2. The smallest absolute Gasteiger partial charge is 0.196 e. The van der Waals surface area contributed by atoms with E-state index in [-0.39, 0.29) is 17.6 Å². The second-order valence-corrected chi connectivity index (χ2v) is 7.95. The van der Waals surface area contributed by atoms with Crippen LogP contribution in [-0.2, 0) is 7.05 Å². The maximum Gasteiger partial charge on any atom is 0.196 e. The molecule has 0 aliphatic carbocycles. The number of ketones is 2. The van der Waals surface area contributed by atoms with Gasteiger partial charge in [-0.05, 0) is 33.3 Å². The van der Waals surface area contributed by atoms with Crippen LogP contribution in [0.15, 0.2) is 12.5 Å². The highest BCUT2D eigenvalue weighted by molar-refractivity contribution is 6.05. The standard InChI is InChI=1S/C21H27N7O2/c1-12-17(15(4)29)13(2)25-18(12)19(30)14(3)27-6-8-28(9-7-27)21-16-10-24-26(5)20(16)22-11-23-21/h10-11,14,25H,6-9H2,1-5H3/t14-/m1/s1. The maximum atomic E-state index is 13.2. The molecule has 158 valence electrons. The zero-order valence-electron chi connectivity index (χ0n) is 18.1. The van der Waals surface area contributed by atoms with Gasteiger partial charge in [0.15, 0.2) is 17.2 Å². The monoisotopic (exact) mass is 409 g/mol. The number of Topliss-reactive ketones (excluding diaryl/α,β-unsaturated/α-hetero) is 2. The zero-order chi connectivity index (χ0) is 21.6. The van der Waals surface area contributed by atoms with Gasteiger partial charge in [0.05, 0.1) is 23.3 Å². The molecule has 0 aromatic carbocycles. The van der Waals surface area contributed by atoms with Crippen molar-refractivity contribution in [3.63, 3.8) is 0 Å². The van der Waals surface area contributed by atoms with E-state index < -0.39 is 0 Å². The molecule has 3 aromatic rings. The van der Waals surface area contributed by atoms with Gasteiger partial charge in [-0.1, -0.05) is 0 Å². The summed E-state index contributed by atoms with van der Waals surface area (Å²) in [4.78, 5) is 41.4. The van der Waals surface area contributed by atoms with E-state index in [0.717, 1.165) is 54.3 Å². The van der Waals surface area contributed by atoms with Gasteiger partial charge in [0.1, 0.15) is 12.1 Å². The molecule has 1 aliphatic heterocycles. The van der Waals surface area contributed by atoms with E-state index in [1.807, 2.05) is 27.8 Å². The number of nitrogens with zero attached hydrogens (tertiary/aromatic N) is 6. The molecule has 0 amide bonds. The Balaban J connectivity index is 1.48. The molecule has 0 bridgehead atoms. The molecule has 1 aliphatic rings. The van der Waals surface area contributed by atoms with Crippen molar-refractivity contribution in [3.8, 4) is 0 Å². The Morgan fingerprint density at radius 2 is 1.83 bits per heavy atom. The summed E-state index contributed by atoms with van der Waals surface area (Å²) < 4.78 is 1.74. The number of carbonyl (C=O) groups excluding carboxylic acids is 2. The molecule has 0 unspecified atom stereocenters. The molecule has 9 nitrogen and oxygen atoms in total. The van der Waals surface area contributed by atoms with Crippen LogP contribution in [0.25, 0.3) is 11.0 Å². The molecule has 4 rings (SSSR count). The third-order valence-electron chi connectivity index (χ3n) is 6.09. The molecule has 0 saturated carbocycles. The van der Waals surface area contributed by atoms with Crippen molar-refractivity contribution >= 4 is 28.4 Å². The van der Waals surface area contributed by atoms with Gasteiger partial charge < -0.3 is 9.88 Å². The zero-order valence-corrected chi connectivity index (χ0v) is 18.1. The first-order valence-corrected chi connectivity index (χ1v) is 10.2. The maximum absolute atomic E-state index is 13.2. The SMILES string of the molecule is CC(=O)c1c(C)[nH]c(C(=O)[C@@H](C)N2CCN(c3ncnc4c3cnn4C)CC2)c1C. The van der Waals surface area contributed by atoms with Gasteiger partial charge in [-0.15, -0.1) is 0 Å². The first kappa shape index (κ1) is 20.2. The molecular weight excluding hydrogens is 382 g/mol. The van der Waals surface area contributed by atoms with Gasteiger partial charge >= 0.3 is 0 Å². The molecule has 1 N–H and O–H groups in total. The average Bonchev–Trinajstić information content (AvgIpc) is 3.26. The Morgan fingerprint density at radius 3 is 2.47 bits per heavy atom. The van der Waals surface area contributed by atoms with Gasteiger partial charge in [-0.25, -0.2) is 9.97 Å². The molecule has 0 spiro atoms. The Labute approximate surface area is 175 Å². The summed E-state index contributed by atoms with van der Waals surface area (Å²) in [7, 11) is 1.87. The van der Waals surface area contributed by atoms with E-state index >= 15 is 0 Å². The van der Waals surface area contributed by atoms with Crippen LogP contribution >= 0.6 is 0 Å². The van der Waals surface area contributed by atoms with E-state index in [1.165, 1.54) is 6.92 Å². The minimum Gasteiger partial charge on any atom is -0.355 e. The van der Waals surface area contributed by atoms with E-state index in [2.05, 4.69) is 29.9 Å². The highest BCUT2D eigenvalue weighted by atomic mass is 16.1. The Morgan fingerprint density at radius 1 is 1.13 bits per heavy atom. The van der Waals surface area contributed by atoms with Gasteiger partial charge in [0.2, 0.25) is 0 Å². The van der Waals surface area contributed by atoms with Crippen molar-refractivity contribution in [1.82, 2.24) is 29.6 Å². The first-order valence-electron chi connectivity index (χ1n) is 10.2. The van der Waals surface area contributed by atoms with Gasteiger partial charge in [-0.3, -0.25) is 19.2 Å². The number of carbonyl (C=O) groups is 2. The minimum atomic E-state index is -0.271. The summed E-state index contributed by atoms with van der Waals surface area (Å²) in [5.41, 5.74) is 3.48. The van der Waals surface area contributed by atoms with Crippen molar-refractivity contribution in [2.24, 2.45) is 7.05 Å². The number of hydrogen-bond acceptors (Lipinski definition) is 7. The first-order chi connectivity index (χ1) is 14.3. The molecule has 1 saturated heterocycles. The van der Waals surface area contributed by atoms with Crippen molar-refractivity contribution < 1.29 is 9.59 Å². The number of hydrogen-bond donors (Lipinski definition) is 1. The molecule has 30 heavy (non-hydrogen) atoms. The number of fused-ring (bicyclic) bond motifs is 1. The van der Waals surface area contributed by atoms with Gasteiger partial charge in [0, 0.05) is 44.5 Å². The third kappa shape index (κ3) is 3.28. The number of aryl methyl sites for hydroxylation is 2. The topological polar surface area (TPSA) is 100 Å². The number of rotatable bonds is 5.